The first kappa shape index (κ1) is 19.2. The van der Waals surface area contributed by atoms with Gasteiger partial charge in [0.25, 0.3) is 5.91 Å². The summed E-state index contributed by atoms with van der Waals surface area (Å²) in [5.74, 6) is 2.06. The molecule has 0 radical (unpaired) electrons. The van der Waals surface area contributed by atoms with Crippen LogP contribution in [0.25, 0.3) is 11.4 Å². The van der Waals surface area contributed by atoms with E-state index in [2.05, 4.69) is 16.8 Å². The van der Waals surface area contributed by atoms with E-state index in [0.29, 0.717) is 5.92 Å². The molecule has 6 heteroatoms. The van der Waals surface area contributed by atoms with Crippen molar-refractivity contribution in [2.24, 2.45) is 5.92 Å². The molecule has 2 atom stereocenters. The highest BCUT2D eigenvalue weighted by molar-refractivity contribution is 7.12. The normalized spacial score (nSPS) is 24.6. The number of thiophene rings is 1. The summed E-state index contributed by atoms with van der Waals surface area (Å²) in [5, 5.41) is 7.10. The molecule has 5 nitrogen and oxygen atoms in total. The number of anilines is 1. The Morgan fingerprint density at radius 3 is 2.55 bits per heavy atom. The fourth-order valence-corrected chi connectivity index (χ4v) is 6.99. The number of carbonyl (C=O) groups excluding carboxylic acids is 1. The molecule has 1 spiro atoms. The number of hydrogen-bond acceptors (Lipinski definition) is 4. The number of fused-ring (bicyclic) bond motifs is 4. The number of nitrogens with zero attached hydrogens (tertiary/aromatic N) is 4. The number of benzene rings is 1. The second-order valence-electron chi connectivity index (χ2n) is 9.29. The van der Waals surface area contributed by atoms with E-state index in [1.165, 1.54) is 49.9 Å². The summed E-state index contributed by atoms with van der Waals surface area (Å²) in [4.78, 5) is 21.6. The second kappa shape index (κ2) is 7.59. The highest BCUT2D eigenvalue weighted by Crippen LogP contribution is 2.53. The highest BCUT2D eigenvalue weighted by atomic mass is 32.1. The molecule has 1 amide bonds. The summed E-state index contributed by atoms with van der Waals surface area (Å²) in [7, 11) is 0. The van der Waals surface area contributed by atoms with Crippen molar-refractivity contribution in [3.63, 3.8) is 0 Å². The summed E-state index contributed by atoms with van der Waals surface area (Å²) >= 11 is 1.52. The van der Waals surface area contributed by atoms with E-state index < -0.39 is 0 Å². The van der Waals surface area contributed by atoms with Crippen molar-refractivity contribution in [1.82, 2.24) is 14.8 Å². The molecule has 2 aromatic heterocycles. The molecule has 2 unspecified atom stereocenters. The summed E-state index contributed by atoms with van der Waals surface area (Å²) in [6.07, 6.45) is 10.8. The molecule has 160 valence electrons. The number of aromatic nitrogens is 3. The van der Waals surface area contributed by atoms with E-state index in [1.54, 1.807) is 0 Å². The lowest BCUT2D eigenvalue weighted by Crippen LogP contribution is -2.61. The Morgan fingerprint density at radius 2 is 1.77 bits per heavy atom. The van der Waals surface area contributed by atoms with E-state index in [1.807, 2.05) is 40.6 Å². The first-order valence-electron chi connectivity index (χ1n) is 11.7. The quantitative estimate of drug-likeness (QED) is 0.508. The average Bonchev–Trinajstić information content (AvgIpc) is 3.52. The first-order valence-corrected chi connectivity index (χ1v) is 12.6. The van der Waals surface area contributed by atoms with Crippen molar-refractivity contribution in [2.75, 3.05) is 4.90 Å². The van der Waals surface area contributed by atoms with Crippen molar-refractivity contribution in [3.8, 4) is 11.4 Å². The van der Waals surface area contributed by atoms with Crippen molar-refractivity contribution in [1.29, 1.82) is 0 Å². The summed E-state index contributed by atoms with van der Waals surface area (Å²) in [6.45, 7) is 0. The summed E-state index contributed by atoms with van der Waals surface area (Å²) in [5.41, 5.74) is 1.02. The lowest BCUT2D eigenvalue weighted by molar-refractivity contribution is 0.0315. The van der Waals surface area contributed by atoms with Crippen LogP contribution in [0.5, 0.6) is 0 Å². The van der Waals surface area contributed by atoms with Crippen LogP contribution < -0.4 is 4.90 Å². The molecular weight excluding hydrogens is 404 g/mol. The Morgan fingerprint density at radius 1 is 0.968 bits per heavy atom. The van der Waals surface area contributed by atoms with Gasteiger partial charge in [-0.3, -0.25) is 9.69 Å². The maximum atomic E-state index is 13.8. The zero-order valence-electron chi connectivity index (χ0n) is 17.7. The minimum atomic E-state index is 0.00489. The Balaban J connectivity index is 1.55. The molecule has 2 fully saturated rings. The molecule has 3 heterocycles. The van der Waals surface area contributed by atoms with Crippen molar-refractivity contribution >= 4 is 23.2 Å². The van der Waals surface area contributed by atoms with Gasteiger partial charge in [-0.1, -0.05) is 68.5 Å². The van der Waals surface area contributed by atoms with Crippen LogP contribution in [0.4, 0.5) is 5.95 Å². The Bertz CT molecular complexity index is 1070. The number of hydrogen-bond donors (Lipinski definition) is 0. The van der Waals surface area contributed by atoms with E-state index >= 15 is 0 Å². The maximum Gasteiger partial charge on any atom is 0.270 e. The second-order valence-corrected chi connectivity index (χ2v) is 10.2. The van der Waals surface area contributed by atoms with Crippen LogP contribution in [0.3, 0.4) is 0 Å². The van der Waals surface area contributed by atoms with E-state index in [4.69, 9.17) is 10.1 Å². The van der Waals surface area contributed by atoms with Gasteiger partial charge < -0.3 is 0 Å². The molecule has 1 aliphatic heterocycles. The van der Waals surface area contributed by atoms with E-state index in [-0.39, 0.29) is 17.5 Å². The fourth-order valence-electron chi connectivity index (χ4n) is 6.33. The predicted molar refractivity (Wildman–Crippen MR) is 123 cm³/mol. The van der Waals surface area contributed by atoms with Gasteiger partial charge in [-0.15, -0.1) is 16.4 Å². The van der Waals surface area contributed by atoms with Crippen LogP contribution in [0.15, 0.2) is 47.8 Å². The zero-order chi connectivity index (χ0) is 20.8. The molecule has 0 bridgehead atoms. The van der Waals surface area contributed by atoms with Gasteiger partial charge in [-0.05, 0) is 37.1 Å². The number of amides is 1. The Labute approximate surface area is 187 Å². The largest absolute Gasteiger partial charge is 0.273 e. The predicted octanol–water partition coefficient (Wildman–Crippen LogP) is 5.89. The van der Waals surface area contributed by atoms with E-state index in [9.17, 15) is 4.79 Å². The van der Waals surface area contributed by atoms with Gasteiger partial charge in [0, 0.05) is 17.5 Å². The van der Waals surface area contributed by atoms with Crippen LogP contribution >= 0.6 is 11.3 Å². The molecule has 2 saturated carbocycles. The Hall–Kier alpha value is -2.47. The van der Waals surface area contributed by atoms with Crippen LogP contribution in [-0.2, 0) is 5.54 Å². The minimum Gasteiger partial charge on any atom is -0.273 e. The van der Waals surface area contributed by atoms with E-state index in [0.717, 1.165) is 41.5 Å². The SMILES string of the molecule is O=C(c1cccs1)N1c2nc(-c3ccccc3)nn2C2(CCCCC2)C2CCCCC21. The van der Waals surface area contributed by atoms with Gasteiger partial charge in [-0.25, -0.2) is 4.68 Å². The van der Waals surface area contributed by atoms with Crippen molar-refractivity contribution in [2.45, 2.75) is 69.4 Å². The third kappa shape index (κ3) is 2.99. The van der Waals surface area contributed by atoms with Crippen molar-refractivity contribution < 1.29 is 4.79 Å². The molecular formula is C25H28N4OS. The van der Waals surface area contributed by atoms with Crippen LogP contribution in [0.1, 0.15) is 67.5 Å². The van der Waals surface area contributed by atoms with Crippen LogP contribution in [0.2, 0.25) is 0 Å². The summed E-state index contributed by atoms with van der Waals surface area (Å²) < 4.78 is 2.20. The monoisotopic (exact) mass is 432 g/mol. The lowest BCUT2D eigenvalue weighted by Gasteiger charge is -2.55. The van der Waals surface area contributed by atoms with Gasteiger partial charge in [0.05, 0.1) is 10.4 Å². The molecule has 6 rings (SSSR count). The molecule has 31 heavy (non-hydrogen) atoms. The molecule has 0 N–H and O–H groups in total. The van der Waals surface area contributed by atoms with Gasteiger partial charge in [0.2, 0.25) is 5.95 Å². The van der Waals surface area contributed by atoms with Crippen molar-refractivity contribution in [3.05, 3.63) is 52.7 Å². The number of carbonyl (C=O) groups is 1. The minimum absolute atomic E-state index is 0.00489. The maximum absolute atomic E-state index is 13.8. The van der Waals surface area contributed by atoms with Gasteiger partial charge in [-0.2, -0.15) is 4.98 Å². The van der Waals surface area contributed by atoms with Crippen LogP contribution in [-0.4, -0.2) is 26.7 Å². The number of rotatable bonds is 2. The Kier molecular flexibility index (Phi) is 4.71. The third-order valence-corrected chi connectivity index (χ3v) is 8.54. The summed E-state index contributed by atoms with van der Waals surface area (Å²) in [6, 6.07) is 14.3. The van der Waals surface area contributed by atoms with Crippen LogP contribution in [0, 0.1) is 5.92 Å². The molecule has 1 aromatic carbocycles. The van der Waals surface area contributed by atoms with Gasteiger partial charge >= 0.3 is 0 Å². The molecule has 3 aliphatic rings. The standard InChI is InChI=1S/C25H28N4OS/c30-23(21-14-9-17-31-21)28-20-13-6-5-12-19(20)25(15-7-2-8-16-25)29-24(28)26-22(27-29)18-10-3-1-4-11-18/h1,3-4,9-11,14,17,19-20H,2,5-8,12-13,15-16H2. The fraction of sp³-hybridized carbons (Fsp3) is 0.480. The third-order valence-electron chi connectivity index (χ3n) is 7.68. The first-order chi connectivity index (χ1) is 15.3. The highest BCUT2D eigenvalue weighted by Gasteiger charge is 2.55. The topological polar surface area (TPSA) is 51.0 Å². The molecule has 2 aliphatic carbocycles. The zero-order valence-corrected chi connectivity index (χ0v) is 18.6. The molecule has 3 aromatic rings. The van der Waals surface area contributed by atoms with Gasteiger partial charge in [0.15, 0.2) is 5.82 Å². The average molecular weight is 433 g/mol. The smallest absolute Gasteiger partial charge is 0.270 e. The molecule has 0 saturated heterocycles. The lowest BCUT2D eigenvalue weighted by atomic mass is 9.64. The van der Waals surface area contributed by atoms with Gasteiger partial charge in [0.1, 0.15) is 0 Å².